The summed E-state index contributed by atoms with van der Waals surface area (Å²) >= 11 is 1.40. The predicted molar refractivity (Wildman–Crippen MR) is 203 cm³/mol. The predicted octanol–water partition coefficient (Wildman–Crippen LogP) is 3.61. The summed E-state index contributed by atoms with van der Waals surface area (Å²) in [7, 11) is 0. The summed E-state index contributed by atoms with van der Waals surface area (Å²) in [4.78, 5) is 87.7. The molecule has 5 amide bonds. The zero-order chi connectivity index (χ0) is 38.6. The minimum absolute atomic E-state index is 0.00621. The van der Waals surface area contributed by atoms with Gasteiger partial charge in [-0.15, -0.1) is 11.3 Å². The number of hydrogen-bond donors (Lipinski definition) is 4. The second-order valence-electron chi connectivity index (χ2n) is 14.5. The van der Waals surface area contributed by atoms with Gasteiger partial charge in [0.2, 0.25) is 17.7 Å². The first kappa shape index (κ1) is 37.0. The molecule has 6 heterocycles. The largest absolute Gasteiger partial charge is 0.471 e. The van der Waals surface area contributed by atoms with E-state index in [0.29, 0.717) is 46.9 Å². The topological polar surface area (TPSA) is 207 Å². The van der Waals surface area contributed by atoms with E-state index in [2.05, 4.69) is 36.4 Å². The quantitative estimate of drug-likeness (QED) is 0.158. The lowest BCUT2D eigenvalue weighted by Gasteiger charge is -2.31. The van der Waals surface area contributed by atoms with E-state index in [1.54, 1.807) is 30.5 Å². The Morgan fingerprint density at radius 2 is 1.86 bits per heavy atom. The number of carbonyl (C=O) groups is 5. The molecule has 5 atom stereocenters. The Bertz CT molecular complexity index is 2150. The van der Waals surface area contributed by atoms with Gasteiger partial charge in [-0.2, -0.15) is 4.98 Å². The van der Waals surface area contributed by atoms with E-state index in [1.807, 2.05) is 29.7 Å². The molecule has 2 aliphatic carbocycles. The molecule has 17 heteroatoms. The van der Waals surface area contributed by atoms with Gasteiger partial charge in [0.05, 0.1) is 17.6 Å². The Kier molecular flexibility index (Phi) is 10.6. The Labute approximate surface area is 325 Å². The Morgan fingerprint density at radius 1 is 0.964 bits per heavy atom. The number of alkyl carbamates (subject to hydrolysis) is 1. The van der Waals surface area contributed by atoms with E-state index >= 15 is 0 Å². The van der Waals surface area contributed by atoms with Crippen molar-refractivity contribution in [1.29, 1.82) is 0 Å². The number of fused-ring (bicyclic) bond motifs is 3. The van der Waals surface area contributed by atoms with Crippen molar-refractivity contribution in [2.75, 3.05) is 6.54 Å². The molecule has 0 unspecified atom stereocenters. The van der Waals surface area contributed by atoms with Crippen LogP contribution in [0.15, 0.2) is 72.5 Å². The maximum absolute atomic E-state index is 14.5. The second kappa shape index (κ2) is 16.0. The van der Waals surface area contributed by atoms with Crippen LogP contribution in [-0.2, 0) is 19.1 Å². The molecule has 8 rings (SSSR count). The van der Waals surface area contributed by atoms with Gasteiger partial charge in [-0.05, 0) is 80.7 Å². The number of aromatic nitrogens is 4. The van der Waals surface area contributed by atoms with Gasteiger partial charge in [0.25, 0.3) is 11.8 Å². The van der Waals surface area contributed by atoms with E-state index in [-0.39, 0.29) is 37.0 Å². The summed E-state index contributed by atoms with van der Waals surface area (Å²) in [6.07, 6.45) is 12.1. The molecule has 2 saturated carbocycles. The Hall–Kier alpha value is -5.97. The smallest absolute Gasteiger partial charge is 0.408 e. The van der Waals surface area contributed by atoms with Crippen LogP contribution in [0.5, 0.6) is 5.88 Å². The van der Waals surface area contributed by atoms with Gasteiger partial charge >= 0.3 is 6.09 Å². The van der Waals surface area contributed by atoms with Crippen LogP contribution in [0.2, 0.25) is 0 Å². The molecule has 4 N–H and O–H groups in total. The molecule has 1 saturated heterocycles. The number of allylic oxidation sites excluding steroid dienone is 1. The second-order valence-corrected chi connectivity index (χ2v) is 15.4. The number of thiophene rings is 1. The van der Waals surface area contributed by atoms with E-state index in [1.165, 1.54) is 28.6 Å². The highest BCUT2D eigenvalue weighted by Gasteiger charge is 2.61. The summed E-state index contributed by atoms with van der Waals surface area (Å²) in [5.74, 6) is -1.89. The fourth-order valence-corrected chi connectivity index (χ4v) is 8.05. The number of amides is 5. The van der Waals surface area contributed by atoms with Crippen LogP contribution in [0.1, 0.15) is 68.1 Å². The fraction of sp³-hybridized carbons (Fsp3) is 0.410. The summed E-state index contributed by atoms with van der Waals surface area (Å²) < 4.78 is 12.8. The van der Waals surface area contributed by atoms with Crippen LogP contribution < -0.4 is 26.2 Å². The molecule has 4 aromatic heterocycles. The van der Waals surface area contributed by atoms with Gasteiger partial charge in [0.15, 0.2) is 5.82 Å². The van der Waals surface area contributed by atoms with Crippen molar-refractivity contribution < 1.29 is 33.4 Å². The van der Waals surface area contributed by atoms with Crippen LogP contribution >= 0.6 is 11.3 Å². The first-order valence-corrected chi connectivity index (χ1v) is 19.8. The number of rotatable bonds is 7. The summed E-state index contributed by atoms with van der Waals surface area (Å²) in [6.45, 7) is 0.00621. The first-order chi connectivity index (χ1) is 27.3. The van der Waals surface area contributed by atoms with Gasteiger partial charge in [-0.3, -0.25) is 40.0 Å². The van der Waals surface area contributed by atoms with Crippen LogP contribution in [0, 0.1) is 5.92 Å². The molecule has 3 fully saturated rings. The minimum atomic E-state index is -1.38. The third-order valence-corrected chi connectivity index (χ3v) is 11.6. The van der Waals surface area contributed by atoms with Gasteiger partial charge in [0, 0.05) is 30.9 Å². The number of pyridine rings is 2. The molecule has 56 heavy (non-hydrogen) atoms. The molecule has 0 radical (unpaired) electrons. The van der Waals surface area contributed by atoms with Gasteiger partial charge in [0.1, 0.15) is 40.2 Å². The average molecular weight is 780 g/mol. The molecular weight excluding hydrogens is 739 g/mol. The molecule has 0 aromatic carbocycles. The molecular formula is C39H41N9O7S. The maximum Gasteiger partial charge on any atom is 0.408 e. The third-order valence-electron chi connectivity index (χ3n) is 10.7. The minimum Gasteiger partial charge on any atom is -0.471 e. The number of ether oxygens (including phenoxy) is 2. The molecule has 4 aliphatic rings. The van der Waals surface area contributed by atoms with Crippen molar-refractivity contribution in [2.45, 2.75) is 87.6 Å². The Balaban J connectivity index is 1.07. The van der Waals surface area contributed by atoms with Crippen molar-refractivity contribution in [2.24, 2.45) is 5.92 Å². The van der Waals surface area contributed by atoms with E-state index < -0.39 is 53.4 Å². The molecule has 4 aromatic rings. The number of hydrogen-bond acceptors (Lipinski definition) is 12. The molecule has 16 nitrogen and oxygen atoms in total. The SMILES string of the molecule is O=C(N[C@H]1CCCC/C=C\[C@@H]2C[C@@]2(C(=O)NNC(=O)c2cccnc2)NC(=O)[C@@H]2C[C@@H](Oc3nc(-c4ccccn4)nc4ccsc34)CN2C1=O)OC1CCC1. The number of carbonyl (C=O) groups excluding carboxylic acids is 5. The van der Waals surface area contributed by atoms with Crippen LogP contribution in [-0.4, -0.2) is 90.9 Å². The third kappa shape index (κ3) is 7.89. The number of hydrazine groups is 1. The van der Waals surface area contributed by atoms with Crippen molar-refractivity contribution in [3.8, 4) is 17.4 Å². The average Bonchev–Trinajstić information content (AvgIpc) is 3.47. The molecule has 2 aliphatic heterocycles. The Morgan fingerprint density at radius 3 is 2.64 bits per heavy atom. The van der Waals surface area contributed by atoms with Crippen LogP contribution in [0.25, 0.3) is 21.7 Å². The van der Waals surface area contributed by atoms with Gasteiger partial charge in [-0.25, -0.2) is 9.78 Å². The standard InChI is InChI=1S/C39H41N9O7S/c49-33(23-9-8-16-40-21-23)46-47-37(52)39-20-24(39)10-3-1-2-4-14-29(43-38(53)55-25-11-7-12-25)36(51)48-22-26(19-30(48)34(50)45-39)54-35-31-27(15-18-56-31)42-32(44-35)28-13-5-6-17-41-28/h3,5-6,8-10,13,15-18,21,24-26,29-30H,1-2,4,7,11-12,14,19-20,22H2,(H,43,53)(H,45,50)(H,46,49)(H,47,52)/b10-3-/t24-,26-,29+,30+,39-/m1/s1. The molecule has 0 bridgehead atoms. The van der Waals surface area contributed by atoms with E-state index in [4.69, 9.17) is 14.5 Å². The van der Waals surface area contributed by atoms with Crippen molar-refractivity contribution >= 4 is 51.3 Å². The highest BCUT2D eigenvalue weighted by Crippen LogP contribution is 2.45. The van der Waals surface area contributed by atoms with Gasteiger partial charge < -0.3 is 25.0 Å². The van der Waals surface area contributed by atoms with Crippen molar-refractivity contribution in [3.05, 3.63) is 78.1 Å². The first-order valence-electron chi connectivity index (χ1n) is 18.9. The van der Waals surface area contributed by atoms with E-state index in [0.717, 1.165) is 25.7 Å². The lowest BCUT2D eigenvalue weighted by Crippen LogP contribution is -2.59. The lowest BCUT2D eigenvalue weighted by atomic mass is 9.96. The lowest BCUT2D eigenvalue weighted by molar-refractivity contribution is -0.141. The number of nitrogens with zero attached hydrogens (tertiary/aromatic N) is 5. The molecule has 0 spiro atoms. The molecule has 290 valence electrons. The zero-order valence-corrected chi connectivity index (χ0v) is 31.2. The highest BCUT2D eigenvalue weighted by atomic mass is 32.1. The van der Waals surface area contributed by atoms with Crippen LogP contribution in [0.4, 0.5) is 4.79 Å². The fourth-order valence-electron chi connectivity index (χ4n) is 7.28. The summed E-state index contributed by atoms with van der Waals surface area (Å²) in [5, 5.41) is 7.63. The normalized spacial score (nSPS) is 25.7. The van der Waals surface area contributed by atoms with Gasteiger partial charge in [-0.1, -0.05) is 24.6 Å². The van der Waals surface area contributed by atoms with Crippen LogP contribution in [0.3, 0.4) is 0 Å². The monoisotopic (exact) mass is 779 g/mol. The number of nitrogens with one attached hydrogen (secondary N) is 4. The summed E-state index contributed by atoms with van der Waals surface area (Å²) in [5.41, 5.74) is 4.99. The van der Waals surface area contributed by atoms with Crippen molar-refractivity contribution in [3.63, 3.8) is 0 Å². The summed E-state index contributed by atoms with van der Waals surface area (Å²) in [6, 6.07) is 8.42. The van der Waals surface area contributed by atoms with E-state index in [9.17, 15) is 24.0 Å². The van der Waals surface area contributed by atoms with Crippen molar-refractivity contribution in [1.82, 2.24) is 46.3 Å². The highest BCUT2D eigenvalue weighted by molar-refractivity contribution is 7.17. The maximum atomic E-state index is 14.5. The zero-order valence-electron chi connectivity index (χ0n) is 30.4.